The van der Waals surface area contributed by atoms with Crippen LogP contribution in [0.15, 0.2) is 29.4 Å². The third kappa shape index (κ3) is 4.18. The molecule has 1 N–H and O–H groups in total. The van der Waals surface area contributed by atoms with E-state index in [2.05, 4.69) is 24.2 Å². The Kier molecular flexibility index (Phi) is 5.40. The normalized spacial score (nSPS) is 19.2. The molecule has 0 saturated heterocycles. The summed E-state index contributed by atoms with van der Waals surface area (Å²) in [4.78, 5) is 13.0. The lowest BCUT2D eigenvalue weighted by molar-refractivity contribution is -0.116. The van der Waals surface area contributed by atoms with Crippen LogP contribution in [0.4, 0.5) is 0 Å². The van der Waals surface area contributed by atoms with Gasteiger partial charge in [0.1, 0.15) is 0 Å². The summed E-state index contributed by atoms with van der Waals surface area (Å²) in [5.41, 5.74) is 5.15. The minimum Gasteiger partial charge on any atom is -0.298 e. The number of aryl methyl sites for hydroxylation is 1. The maximum absolute atomic E-state index is 13.0. The number of nitrogens with zero attached hydrogens (tertiary/aromatic N) is 2. The van der Waals surface area contributed by atoms with E-state index < -0.39 is 9.73 Å². The zero-order valence-electron chi connectivity index (χ0n) is 17.6. The maximum atomic E-state index is 13.0. The Labute approximate surface area is 173 Å². The highest BCUT2D eigenvalue weighted by Gasteiger charge is 2.32. The van der Waals surface area contributed by atoms with Gasteiger partial charge in [0.25, 0.3) is 0 Å². The summed E-state index contributed by atoms with van der Waals surface area (Å²) >= 11 is 0. The predicted octanol–water partition coefficient (Wildman–Crippen LogP) is 4.68. The highest BCUT2D eigenvalue weighted by molar-refractivity contribution is 7.93. The second-order valence-electron chi connectivity index (χ2n) is 9.01. The van der Waals surface area contributed by atoms with Gasteiger partial charge in [0.2, 0.25) is 0 Å². The number of aromatic nitrogens is 2. The largest absolute Gasteiger partial charge is 0.298 e. The van der Waals surface area contributed by atoms with Crippen LogP contribution in [-0.2, 0) is 33.8 Å². The van der Waals surface area contributed by atoms with Crippen LogP contribution in [0.1, 0.15) is 74.2 Å². The number of benzene rings is 1. The van der Waals surface area contributed by atoms with Crippen molar-refractivity contribution in [2.45, 2.75) is 76.3 Å². The Hall–Kier alpha value is -1.95. The summed E-state index contributed by atoms with van der Waals surface area (Å²) in [7, 11) is -3.22. The van der Waals surface area contributed by atoms with Crippen molar-refractivity contribution in [3.63, 3.8) is 0 Å². The lowest BCUT2D eigenvalue weighted by Crippen LogP contribution is -2.20. The third-order valence-corrected chi connectivity index (χ3v) is 8.07. The fraction of sp³-hybridized carbons (Fsp3) is 0.565. The van der Waals surface area contributed by atoms with Crippen LogP contribution < -0.4 is 0 Å². The number of carbonyl (C=O) groups is 1. The molecule has 0 aliphatic heterocycles. The van der Waals surface area contributed by atoms with Crippen LogP contribution >= 0.6 is 0 Å². The van der Waals surface area contributed by atoms with Gasteiger partial charge in [-0.1, -0.05) is 19.1 Å². The number of rotatable bonds is 8. The quantitative estimate of drug-likeness (QED) is 0.682. The molecule has 2 unspecified atom stereocenters. The van der Waals surface area contributed by atoms with Gasteiger partial charge in [-0.05, 0) is 86.1 Å². The Morgan fingerprint density at radius 2 is 2.00 bits per heavy atom. The molecule has 6 heteroatoms. The first-order valence-corrected chi connectivity index (χ1v) is 12.5. The minimum absolute atomic E-state index is 0.117. The molecule has 0 amide bonds. The van der Waals surface area contributed by atoms with Gasteiger partial charge in [-0.15, -0.1) is 0 Å². The van der Waals surface area contributed by atoms with E-state index in [1.54, 1.807) is 16.9 Å². The molecule has 2 aliphatic rings. The summed E-state index contributed by atoms with van der Waals surface area (Å²) in [6, 6.07) is 6.21. The van der Waals surface area contributed by atoms with Crippen molar-refractivity contribution >= 4 is 15.5 Å². The van der Waals surface area contributed by atoms with Crippen molar-refractivity contribution in [3.05, 3.63) is 46.6 Å². The van der Waals surface area contributed by atoms with Crippen LogP contribution in [0.2, 0.25) is 0 Å². The summed E-state index contributed by atoms with van der Waals surface area (Å²) in [6.07, 6.45) is 7.80. The molecular formula is C23H31N3O2S. The minimum atomic E-state index is -3.22. The molecule has 1 saturated carbocycles. The van der Waals surface area contributed by atoms with Crippen LogP contribution in [0.25, 0.3) is 0 Å². The van der Waals surface area contributed by atoms with Crippen LogP contribution in [0.3, 0.4) is 0 Å². The van der Waals surface area contributed by atoms with Gasteiger partial charge in [-0.25, -0.2) is 8.99 Å². The first-order chi connectivity index (χ1) is 13.8. The molecule has 4 rings (SSSR count). The number of fused-ring (bicyclic) bond motifs is 1. The van der Waals surface area contributed by atoms with E-state index in [0.717, 1.165) is 30.7 Å². The Morgan fingerprint density at radius 3 is 2.66 bits per heavy atom. The summed E-state index contributed by atoms with van der Waals surface area (Å²) in [5.74, 6) is 0.811. The molecular weight excluding hydrogens is 382 g/mol. The third-order valence-electron chi connectivity index (χ3n) is 6.45. The van der Waals surface area contributed by atoms with Crippen LogP contribution in [-0.4, -0.2) is 25.5 Å². The lowest BCUT2D eigenvalue weighted by atomic mass is 9.86. The van der Waals surface area contributed by atoms with Crippen molar-refractivity contribution in [2.75, 3.05) is 5.75 Å². The van der Waals surface area contributed by atoms with Gasteiger partial charge >= 0.3 is 0 Å². The van der Waals surface area contributed by atoms with Gasteiger partial charge in [0.15, 0.2) is 10.8 Å². The van der Waals surface area contributed by atoms with Gasteiger partial charge in [-0.2, -0.15) is 5.10 Å². The van der Waals surface area contributed by atoms with Gasteiger partial charge in [-0.3, -0.25) is 9.48 Å². The maximum Gasteiger partial charge on any atom is 0.158 e. The Morgan fingerprint density at radius 1 is 1.24 bits per heavy atom. The number of hydrogen-bond acceptors (Lipinski definition) is 4. The van der Waals surface area contributed by atoms with Gasteiger partial charge in [0.05, 0.1) is 15.5 Å². The van der Waals surface area contributed by atoms with Crippen molar-refractivity contribution in [2.24, 2.45) is 5.92 Å². The highest BCUT2D eigenvalue weighted by atomic mass is 32.2. The van der Waals surface area contributed by atoms with Crippen molar-refractivity contribution < 1.29 is 9.00 Å². The smallest absolute Gasteiger partial charge is 0.158 e. The zero-order chi connectivity index (χ0) is 20.8. The zero-order valence-corrected chi connectivity index (χ0v) is 18.4. The molecule has 0 spiro atoms. The Balaban J connectivity index is 1.57. The number of hydrogen-bond donors (Lipinski definition) is 1. The molecule has 0 radical (unpaired) electrons. The number of ketones is 1. The molecule has 5 nitrogen and oxygen atoms in total. The van der Waals surface area contributed by atoms with Crippen LogP contribution in [0.5, 0.6) is 0 Å². The van der Waals surface area contributed by atoms with Crippen molar-refractivity contribution in [1.82, 2.24) is 9.78 Å². The van der Waals surface area contributed by atoms with Crippen molar-refractivity contribution in [1.29, 1.82) is 4.78 Å². The first kappa shape index (κ1) is 20.3. The average molecular weight is 414 g/mol. The van der Waals surface area contributed by atoms with Crippen LogP contribution in [0, 0.1) is 10.7 Å². The molecule has 156 valence electrons. The summed E-state index contributed by atoms with van der Waals surface area (Å²) < 4.78 is 23.0. The molecule has 1 fully saturated rings. The predicted molar refractivity (Wildman–Crippen MR) is 115 cm³/mol. The van der Waals surface area contributed by atoms with E-state index >= 15 is 0 Å². The monoisotopic (exact) mass is 413 g/mol. The Bertz CT molecular complexity index is 1030. The SMILES string of the molecule is CC(c1ccc2c(c1CC(=O)CS(=N)(=O)c1ccn(C(C)C)n1)CCC2)C1CC1. The number of nitrogens with one attached hydrogen (secondary N) is 1. The number of Topliss-reactive ketones (excluding diaryl/α,β-unsaturated/α-hetero) is 1. The fourth-order valence-corrected chi connectivity index (χ4v) is 5.79. The molecule has 29 heavy (non-hydrogen) atoms. The fourth-order valence-electron chi connectivity index (χ4n) is 4.58. The summed E-state index contributed by atoms with van der Waals surface area (Å²) in [6.45, 7) is 6.23. The molecule has 1 heterocycles. The van der Waals surface area contributed by atoms with Gasteiger partial charge in [0, 0.05) is 18.7 Å². The topological polar surface area (TPSA) is 75.8 Å². The molecule has 1 aromatic heterocycles. The van der Waals surface area contributed by atoms with E-state index in [1.807, 2.05) is 13.8 Å². The van der Waals surface area contributed by atoms with E-state index in [9.17, 15) is 9.00 Å². The van der Waals surface area contributed by atoms with Gasteiger partial charge < -0.3 is 0 Å². The number of carbonyl (C=O) groups excluding carboxylic acids is 1. The first-order valence-electron chi connectivity index (χ1n) is 10.7. The molecule has 0 bridgehead atoms. The highest BCUT2D eigenvalue weighted by Crippen LogP contribution is 2.44. The average Bonchev–Trinajstić information content (AvgIpc) is 3.17. The molecule has 1 aromatic carbocycles. The second-order valence-corrected chi connectivity index (χ2v) is 11.1. The van der Waals surface area contributed by atoms with E-state index in [1.165, 1.54) is 29.5 Å². The standard InChI is InChI=1S/C23H31N3O2S/c1-15(2)26-12-11-23(25-26)29(24,28)14-19(27)13-22-20(16(3)17-7-8-17)10-9-18-5-4-6-21(18)22/h9-12,15-17,24H,4-8,13-14H2,1-3H3. The van der Waals surface area contributed by atoms with E-state index in [-0.39, 0.29) is 29.0 Å². The molecule has 2 aromatic rings. The summed E-state index contributed by atoms with van der Waals surface area (Å²) in [5, 5.41) is 4.49. The van der Waals surface area contributed by atoms with E-state index in [0.29, 0.717) is 5.92 Å². The second kappa shape index (κ2) is 7.71. The van der Waals surface area contributed by atoms with Crippen molar-refractivity contribution in [3.8, 4) is 0 Å². The van der Waals surface area contributed by atoms with E-state index in [4.69, 9.17) is 4.78 Å². The molecule has 2 aliphatic carbocycles. The lowest BCUT2D eigenvalue weighted by Gasteiger charge is -2.19. The molecule has 2 atom stereocenters.